The molecule has 0 aromatic rings. The van der Waals surface area contributed by atoms with Crippen LogP contribution in [0.15, 0.2) is 11.1 Å². The fourth-order valence-corrected chi connectivity index (χ4v) is 12.5. The summed E-state index contributed by atoms with van der Waals surface area (Å²) in [6.45, 7) is 23.2. The molecule has 47 heavy (non-hydrogen) atoms. The van der Waals surface area contributed by atoms with Gasteiger partial charge in [-0.2, -0.15) is 0 Å². The van der Waals surface area contributed by atoms with Crippen molar-refractivity contribution in [2.75, 3.05) is 13.1 Å². The van der Waals surface area contributed by atoms with Gasteiger partial charge in [0.1, 0.15) is 6.10 Å². The van der Waals surface area contributed by atoms with Gasteiger partial charge in [0.2, 0.25) is 0 Å². The van der Waals surface area contributed by atoms with Gasteiger partial charge in [-0.1, -0.05) is 61.0 Å². The molecule has 5 aliphatic rings. The minimum absolute atomic E-state index is 0.0277. The lowest BCUT2D eigenvalue weighted by Gasteiger charge is -2.72. The van der Waals surface area contributed by atoms with Crippen LogP contribution < -0.4 is 5.32 Å². The molecule has 4 fully saturated rings. The number of carboxylic acid groups (broad SMARTS) is 1. The molecule has 5 rings (SSSR count). The number of rotatable bonds is 10. The number of Topliss-reactive ketones (excluding diaryl/α,β-unsaturated/α-hetero) is 1. The highest BCUT2D eigenvalue weighted by Gasteiger charge is 2.70. The van der Waals surface area contributed by atoms with Crippen molar-refractivity contribution < 1.29 is 29.3 Å². The average Bonchev–Trinajstić information content (AvgIpc) is 3.28. The summed E-state index contributed by atoms with van der Waals surface area (Å²) in [4.78, 5) is 38.6. The smallest absolute Gasteiger partial charge is 0.309 e. The van der Waals surface area contributed by atoms with E-state index in [2.05, 4.69) is 60.7 Å². The molecule has 7 nitrogen and oxygen atoms in total. The van der Waals surface area contributed by atoms with Gasteiger partial charge in [0.25, 0.3) is 0 Å². The van der Waals surface area contributed by atoms with Crippen LogP contribution in [0.4, 0.5) is 0 Å². The number of hydrogen-bond donors (Lipinski definition) is 3. The zero-order valence-electron chi connectivity index (χ0n) is 31.2. The molecule has 2 unspecified atom stereocenters. The molecule has 0 aromatic carbocycles. The Kier molecular flexibility index (Phi) is 9.52. The predicted molar refractivity (Wildman–Crippen MR) is 185 cm³/mol. The molecule has 0 bridgehead atoms. The number of esters is 1. The Morgan fingerprint density at radius 1 is 0.957 bits per heavy atom. The Morgan fingerprint density at radius 3 is 2.26 bits per heavy atom. The van der Waals surface area contributed by atoms with Gasteiger partial charge in [-0.3, -0.25) is 14.4 Å². The molecule has 0 aliphatic heterocycles. The monoisotopic (exact) mass is 655 g/mol. The molecule has 0 spiro atoms. The second kappa shape index (κ2) is 12.2. The fourth-order valence-electron chi connectivity index (χ4n) is 12.5. The van der Waals surface area contributed by atoms with Crippen molar-refractivity contribution in [2.24, 2.45) is 56.2 Å². The lowest BCUT2D eigenvalue weighted by atomic mass is 9.33. The van der Waals surface area contributed by atoms with E-state index in [0.717, 1.165) is 69.9 Å². The third kappa shape index (κ3) is 5.47. The molecule has 3 N–H and O–H groups in total. The number of ketones is 1. The zero-order valence-corrected chi connectivity index (χ0v) is 31.2. The Labute approximate surface area is 284 Å². The predicted octanol–water partition coefficient (Wildman–Crippen LogP) is 7.74. The average molecular weight is 656 g/mol. The summed E-state index contributed by atoms with van der Waals surface area (Å²) in [7, 11) is 0. The summed E-state index contributed by atoms with van der Waals surface area (Å²) in [5, 5.41) is 24.9. The number of aliphatic hydroxyl groups is 1. The summed E-state index contributed by atoms with van der Waals surface area (Å²) >= 11 is 0. The summed E-state index contributed by atoms with van der Waals surface area (Å²) < 4.78 is 6.14. The number of aliphatic hydroxyl groups excluding tert-OH is 1. The standard InChI is InChI=1S/C40H65NO6/c1-11-20-41-23-29(43)40-19-18-38(9)25(33(40)32(24(2)3)26(42)21-40)12-13-28-37(8)16-15-30(47-31(44)22-35(4,5)34(45)46)36(6,7)27(37)14-17-39(28,38)10/h24-25,27-30,41,43H,11-23H2,1-10H3,(H,45,46)/t25-,27?,28?,29-,30+,37+,38-,39-,40+/m1/s1. The van der Waals surface area contributed by atoms with Crippen LogP contribution in [0.3, 0.4) is 0 Å². The van der Waals surface area contributed by atoms with Crippen LogP contribution in [0.5, 0.6) is 0 Å². The number of allylic oxidation sites excluding steroid dienone is 1. The van der Waals surface area contributed by atoms with Crippen molar-refractivity contribution in [1.82, 2.24) is 5.32 Å². The first-order valence-corrected chi connectivity index (χ1v) is 18.8. The van der Waals surface area contributed by atoms with Crippen molar-refractivity contribution in [3.63, 3.8) is 0 Å². The number of carboxylic acids is 1. The van der Waals surface area contributed by atoms with Gasteiger partial charge >= 0.3 is 11.9 Å². The van der Waals surface area contributed by atoms with E-state index in [9.17, 15) is 24.6 Å². The molecular weight excluding hydrogens is 590 g/mol. The number of carbonyl (C=O) groups excluding carboxylic acids is 2. The molecule has 9 atom stereocenters. The van der Waals surface area contributed by atoms with Crippen molar-refractivity contribution in [3.8, 4) is 0 Å². The fraction of sp³-hybridized carbons (Fsp3) is 0.875. The number of aliphatic carboxylic acids is 1. The first kappa shape index (κ1) is 36.5. The van der Waals surface area contributed by atoms with E-state index in [1.54, 1.807) is 13.8 Å². The second-order valence-corrected chi connectivity index (χ2v) is 18.8. The maximum absolute atomic E-state index is 13.8. The second-order valence-electron chi connectivity index (χ2n) is 18.8. The highest BCUT2D eigenvalue weighted by Crippen LogP contribution is 2.77. The number of hydrogen-bond acceptors (Lipinski definition) is 6. The molecule has 5 aliphatic carbocycles. The number of nitrogens with one attached hydrogen (secondary N) is 1. The zero-order chi connectivity index (χ0) is 35.0. The van der Waals surface area contributed by atoms with Gasteiger partial charge in [-0.05, 0) is 124 Å². The van der Waals surface area contributed by atoms with E-state index in [0.29, 0.717) is 30.7 Å². The van der Waals surface area contributed by atoms with Gasteiger partial charge in [-0.25, -0.2) is 0 Å². The molecular formula is C40H65NO6. The van der Waals surface area contributed by atoms with Crippen molar-refractivity contribution in [1.29, 1.82) is 0 Å². The van der Waals surface area contributed by atoms with Gasteiger partial charge in [-0.15, -0.1) is 0 Å². The normalized spacial score (nSPS) is 40.3. The maximum atomic E-state index is 13.8. The molecule has 0 aromatic heterocycles. The summed E-state index contributed by atoms with van der Waals surface area (Å²) in [6, 6.07) is 0. The van der Waals surface area contributed by atoms with E-state index in [1.807, 2.05) is 0 Å². The highest BCUT2D eigenvalue weighted by atomic mass is 16.5. The molecule has 266 valence electrons. The topological polar surface area (TPSA) is 113 Å². The van der Waals surface area contributed by atoms with Crippen LogP contribution in [0, 0.1) is 56.2 Å². The summed E-state index contributed by atoms with van der Waals surface area (Å²) in [5.41, 5.74) is 0.718. The molecule has 0 heterocycles. The van der Waals surface area contributed by atoms with Crippen molar-refractivity contribution in [2.45, 2.75) is 152 Å². The van der Waals surface area contributed by atoms with Gasteiger partial charge in [0, 0.05) is 23.8 Å². The van der Waals surface area contributed by atoms with Crippen molar-refractivity contribution >= 4 is 17.7 Å². The van der Waals surface area contributed by atoms with Crippen molar-refractivity contribution in [3.05, 3.63) is 11.1 Å². The highest BCUT2D eigenvalue weighted by molar-refractivity contribution is 6.00. The van der Waals surface area contributed by atoms with E-state index in [-0.39, 0.29) is 45.9 Å². The van der Waals surface area contributed by atoms with Gasteiger partial charge < -0.3 is 20.3 Å². The minimum Gasteiger partial charge on any atom is -0.481 e. The molecule has 0 amide bonds. The Hall–Kier alpha value is -1.73. The van der Waals surface area contributed by atoms with Gasteiger partial charge in [0.15, 0.2) is 5.78 Å². The lowest BCUT2D eigenvalue weighted by molar-refractivity contribution is -0.235. The Morgan fingerprint density at radius 2 is 1.64 bits per heavy atom. The maximum Gasteiger partial charge on any atom is 0.309 e. The first-order valence-electron chi connectivity index (χ1n) is 18.8. The number of fused-ring (bicyclic) bond motifs is 7. The third-order valence-corrected chi connectivity index (χ3v) is 15.3. The van der Waals surface area contributed by atoms with E-state index in [4.69, 9.17) is 4.74 Å². The van der Waals surface area contributed by atoms with Crippen LogP contribution in [-0.2, 0) is 19.1 Å². The molecule has 0 saturated heterocycles. The summed E-state index contributed by atoms with van der Waals surface area (Å²) in [5.74, 6) is 0.215. The van der Waals surface area contributed by atoms with E-state index >= 15 is 0 Å². The van der Waals surface area contributed by atoms with E-state index < -0.39 is 28.9 Å². The molecule has 0 radical (unpaired) electrons. The third-order valence-electron chi connectivity index (χ3n) is 15.3. The Balaban J connectivity index is 1.45. The van der Waals surface area contributed by atoms with Crippen LogP contribution >= 0.6 is 0 Å². The number of ether oxygens (including phenoxy) is 1. The van der Waals surface area contributed by atoms with Crippen LogP contribution in [0.1, 0.15) is 140 Å². The first-order chi connectivity index (χ1) is 21.7. The molecule has 4 saturated carbocycles. The van der Waals surface area contributed by atoms with E-state index in [1.165, 1.54) is 5.57 Å². The van der Waals surface area contributed by atoms with Gasteiger partial charge in [0.05, 0.1) is 17.9 Å². The SMILES string of the molecule is CCCNC[C@@H](O)[C@@]12CC[C@]3(C)[C@H](CCC4[C@@]5(C)CC[C@H](OC(=O)CC(C)(C)C(=O)O)C(C)(C)C5CC[C@]43C)C1=C(C(C)C)C(=O)C2. The Bertz CT molecular complexity index is 1300. The lowest BCUT2D eigenvalue weighted by Crippen LogP contribution is -2.66. The van der Waals surface area contributed by atoms with Crippen LogP contribution in [-0.4, -0.2) is 53.2 Å². The van der Waals surface area contributed by atoms with Crippen LogP contribution in [0.2, 0.25) is 0 Å². The minimum atomic E-state index is -1.15. The largest absolute Gasteiger partial charge is 0.481 e. The quantitative estimate of drug-likeness (QED) is 0.163. The molecule has 7 heteroatoms. The summed E-state index contributed by atoms with van der Waals surface area (Å²) in [6.07, 6.45) is 8.57. The van der Waals surface area contributed by atoms with Crippen LogP contribution in [0.25, 0.3) is 0 Å². The number of carbonyl (C=O) groups is 3.